The summed E-state index contributed by atoms with van der Waals surface area (Å²) in [6, 6.07) is -0.436. The van der Waals surface area contributed by atoms with Crippen molar-refractivity contribution in [3.05, 3.63) is 0 Å². The fourth-order valence-electron chi connectivity index (χ4n) is 2.31. The number of rotatable bonds is 6. The highest BCUT2D eigenvalue weighted by molar-refractivity contribution is 7.88. The van der Waals surface area contributed by atoms with Gasteiger partial charge in [-0.15, -0.1) is 0 Å². The Morgan fingerprint density at radius 2 is 1.83 bits per heavy atom. The average Bonchev–Trinajstić information content (AvgIpc) is 2.66. The van der Waals surface area contributed by atoms with Crippen LogP contribution >= 0.6 is 0 Å². The smallest absolute Gasteiger partial charge is 0.238 e. The van der Waals surface area contributed by atoms with E-state index < -0.39 is 16.1 Å². The maximum absolute atomic E-state index is 12.1. The molecule has 106 valence electrons. The lowest BCUT2D eigenvalue weighted by Crippen LogP contribution is -2.49. The third-order valence-corrected chi connectivity index (χ3v) is 3.79. The van der Waals surface area contributed by atoms with Gasteiger partial charge in [-0.2, -0.15) is 0 Å². The second-order valence-corrected chi connectivity index (χ2v) is 7.34. The quantitative estimate of drug-likeness (QED) is 0.760. The highest BCUT2D eigenvalue weighted by atomic mass is 32.2. The molecule has 0 aromatic rings. The van der Waals surface area contributed by atoms with Crippen LogP contribution < -0.4 is 10.0 Å². The lowest BCUT2D eigenvalue weighted by molar-refractivity contribution is -0.123. The minimum absolute atomic E-state index is 0.193. The van der Waals surface area contributed by atoms with E-state index in [2.05, 4.69) is 10.0 Å². The van der Waals surface area contributed by atoms with E-state index in [0.717, 1.165) is 31.9 Å². The van der Waals surface area contributed by atoms with Crippen LogP contribution in [0.5, 0.6) is 0 Å². The molecule has 0 spiro atoms. The number of hydrogen-bond donors (Lipinski definition) is 2. The summed E-state index contributed by atoms with van der Waals surface area (Å²) in [7, 11) is -3.36. The minimum Gasteiger partial charge on any atom is -0.352 e. The van der Waals surface area contributed by atoms with Crippen LogP contribution in [-0.2, 0) is 14.8 Å². The second kappa shape index (κ2) is 6.52. The predicted octanol–water partition coefficient (Wildman–Crippen LogP) is 1.01. The van der Waals surface area contributed by atoms with Crippen molar-refractivity contribution >= 4 is 15.9 Å². The zero-order valence-electron chi connectivity index (χ0n) is 11.4. The third-order valence-electron chi connectivity index (χ3n) is 3.08. The Labute approximate surface area is 110 Å². The first-order valence-electron chi connectivity index (χ1n) is 6.55. The molecule has 0 aliphatic heterocycles. The largest absolute Gasteiger partial charge is 0.352 e. The van der Waals surface area contributed by atoms with Crippen LogP contribution in [0.4, 0.5) is 0 Å². The monoisotopic (exact) mass is 276 g/mol. The van der Waals surface area contributed by atoms with E-state index >= 15 is 0 Å². The van der Waals surface area contributed by atoms with Crippen LogP contribution in [0.15, 0.2) is 0 Å². The fourth-order valence-corrected chi connectivity index (χ4v) is 3.03. The molecular formula is C12H24N2O3S. The molecule has 0 aromatic heterocycles. The van der Waals surface area contributed by atoms with Crippen molar-refractivity contribution in [3.63, 3.8) is 0 Å². The summed E-state index contributed by atoms with van der Waals surface area (Å²) in [5, 5.41) is 2.94. The van der Waals surface area contributed by atoms with Crippen molar-refractivity contribution in [1.82, 2.24) is 10.0 Å². The number of amides is 1. The van der Waals surface area contributed by atoms with Crippen molar-refractivity contribution in [2.75, 3.05) is 6.26 Å². The van der Waals surface area contributed by atoms with E-state index in [9.17, 15) is 13.2 Å². The van der Waals surface area contributed by atoms with Gasteiger partial charge >= 0.3 is 0 Å². The Morgan fingerprint density at radius 3 is 2.28 bits per heavy atom. The Bertz CT molecular complexity index is 373. The summed E-state index contributed by atoms with van der Waals surface area (Å²) < 4.78 is 25.0. The molecule has 0 bridgehead atoms. The Kier molecular flexibility index (Phi) is 5.59. The van der Waals surface area contributed by atoms with Crippen molar-refractivity contribution in [2.45, 2.75) is 58.0 Å². The molecule has 0 aromatic carbocycles. The van der Waals surface area contributed by atoms with Crippen LogP contribution in [0.25, 0.3) is 0 Å². The van der Waals surface area contributed by atoms with Crippen LogP contribution in [0.3, 0.4) is 0 Å². The van der Waals surface area contributed by atoms with Gasteiger partial charge in [-0.3, -0.25) is 4.79 Å². The van der Waals surface area contributed by atoms with E-state index in [0.29, 0.717) is 6.42 Å². The number of nitrogens with one attached hydrogen (secondary N) is 2. The van der Waals surface area contributed by atoms with Gasteiger partial charge in [0.2, 0.25) is 15.9 Å². The maximum Gasteiger partial charge on any atom is 0.238 e. The van der Waals surface area contributed by atoms with Crippen LogP contribution in [0.2, 0.25) is 0 Å². The lowest BCUT2D eigenvalue weighted by Gasteiger charge is -2.21. The molecule has 0 heterocycles. The van der Waals surface area contributed by atoms with Crippen LogP contribution in [0, 0.1) is 5.92 Å². The summed E-state index contributed by atoms with van der Waals surface area (Å²) in [6.07, 6.45) is 5.88. The normalized spacial score (nSPS) is 19.1. The van der Waals surface area contributed by atoms with Gasteiger partial charge in [-0.05, 0) is 25.2 Å². The standard InChI is InChI=1S/C12H24N2O3S/c1-9(2)8-11(14-18(3,16)17)12(15)13-10-6-4-5-7-10/h9-11,14H,4-8H2,1-3H3,(H,13,15). The first kappa shape index (κ1) is 15.4. The molecular weight excluding hydrogens is 252 g/mol. The van der Waals surface area contributed by atoms with Gasteiger partial charge in [0.05, 0.1) is 6.26 Å². The molecule has 0 saturated heterocycles. The summed E-state index contributed by atoms with van der Waals surface area (Å²) in [5.41, 5.74) is 0. The number of carbonyl (C=O) groups is 1. The third kappa shape index (κ3) is 5.82. The molecule has 1 atom stereocenters. The van der Waals surface area contributed by atoms with E-state index in [4.69, 9.17) is 0 Å². The minimum atomic E-state index is -3.36. The van der Waals surface area contributed by atoms with Gasteiger partial charge < -0.3 is 5.32 Å². The molecule has 1 rings (SSSR count). The van der Waals surface area contributed by atoms with E-state index in [-0.39, 0.29) is 17.9 Å². The molecule has 2 N–H and O–H groups in total. The summed E-state index contributed by atoms with van der Waals surface area (Å²) in [5.74, 6) is 0.0691. The zero-order chi connectivity index (χ0) is 13.8. The van der Waals surface area contributed by atoms with Crippen molar-refractivity contribution in [2.24, 2.45) is 5.92 Å². The summed E-state index contributed by atoms with van der Waals surface area (Å²) >= 11 is 0. The van der Waals surface area contributed by atoms with E-state index in [1.165, 1.54) is 0 Å². The molecule has 18 heavy (non-hydrogen) atoms. The molecule has 1 fully saturated rings. The van der Waals surface area contributed by atoms with E-state index in [1.54, 1.807) is 0 Å². The van der Waals surface area contributed by atoms with Gasteiger partial charge in [0, 0.05) is 6.04 Å². The molecule has 1 unspecified atom stereocenters. The Morgan fingerprint density at radius 1 is 1.28 bits per heavy atom. The van der Waals surface area contributed by atoms with Gasteiger partial charge in [0.15, 0.2) is 0 Å². The average molecular weight is 276 g/mol. The lowest BCUT2D eigenvalue weighted by atomic mass is 10.0. The van der Waals surface area contributed by atoms with Crippen LogP contribution in [-0.4, -0.2) is 32.7 Å². The highest BCUT2D eigenvalue weighted by Gasteiger charge is 2.26. The zero-order valence-corrected chi connectivity index (χ0v) is 12.2. The maximum atomic E-state index is 12.1. The molecule has 1 saturated carbocycles. The summed E-state index contributed by atoms with van der Waals surface area (Å²) in [6.45, 7) is 3.94. The topological polar surface area (TPSA) is 75.3 Å². The second-order valence-electron chi connectivity index (χ2n) is 5.56. The number of carbonyl (C=O) groups excluding carboxylic acids is 1. The highest BCUT2D eigenvalue weighted by Crippen LogP contribution is 2.18. The molecule has 1 amide bonds. The number of hydrogen-bond acceptors (Lipinski definition) is 3. The van der Waals surface area contributed by atoms with Gasteiger partial charge in [-0.25, -0.2) is 13.1 Å². The van der Waals surface area contributed by atoms with Gasteiger partial charge in [0.25, 0.3) is 0 Å². The van der Waals surface area contributed by atoms with E-state index in [1.807, 2.05) is 13.8 Å². The molecule has 5 nitrogen and oxygen atoms in total. The molecule has 1 aliphatic rings. The van der Waals surface area contributed by atoms with Crippen molar-refractivity contribution < 1.29 is 13.2 Å². The van der Waals surface area contributed by atoms with Crippen LogP contribution in [0.1, 0.15) is 46.0 Å². The molecule has 6 heteroatoms. The number of sulfonamides is 1. The molecule has 0 radical (unpaired) electrons. The first-order valence-corrected chi connectivity index (χ1v) is 8.44. The van der Waals surface area contributed by atoms with Gasteiger partial charge in [-0.1, -0.05) is 26.7 Å². The summed E-state index contributed by atoms with van der Waals surface area (Å²) in [4.78, 5) is 12.1. The Balaban J connectivity index is 2.59. The predicted molar refractivity (Wildman–Crippen MR) is 71.6 cm³/mol. The van der Waals surface area contributed by atoms with Crippen molar-refractivity contribution in [3.8, 4) is 0 Å². The molecule has 1 aliphatic carbocycles. The van der Waals surface area contributed by atoms with Gasteiger partial charge in [0.1, 0.15) is 6.04 Å². The first-order chi connectivity index (χ1) is 8.28. The van der Waals surface area contributed by atoms with Crippen molar-refractivity contribution in [1.29, 1.82) is 0 Å². The fraction of sp³-hybridized carbons (Fsp3) is 0.917. The SMILES string of the molecule is CC(C)CC(NS(C)(=O)=O)C(=O)NC1CCCC1. The Hall–Kier alpha value is -0.620.